The first-order valence-corrected chi connectivity index (χ1v) is 16.2. The Hall–Kier alpha value is -2.60. The highest BCUT2D eigenvalue weighted by Crippen LogP contribution is 2.45. The number of morpholine rings is 1. The van der Waals surface area contributed by atoms with Crippen molar-refractivity contribution < 1.29 is 9.47 Å². The number of aryl methyl sites for hydroxylation is 1. The van der Waals surface area contributed by atoms with E-state index >= 15 is 0 Å². The van der Waals surface area contributed by atoms with Gasteiger partial charge in [0.25, 0.3) is 0 Å². The second-order valence-corrected chi connectivity index (χ2v) is 13.8. The van der Waals surface area contributed by atoms with Crippen LogP contribution in [0.3, 0.4) is 0 Å². The average molecular weight is 579 g/mol. The molecule has 3 aromatic heterocycles. The number of rotatable bonds is 6. The Balaban J connectivity index is 1.13. The summed E-state index contributed by atoms with van der Waals surface area (Å²) in [5.41, 5.74) is 2.45. The number of aromatic nitrogens is 4. The van der Waals surface area contributed by atoms with Gasteiger partial charge in [-0.25, -0.2) is 15.0 Å². The zero-order valence-electron chi connectivity index (χ0n) is 24.3. The molecule has 1 saturated carbocycles. The van der Waals surface area contributed by atoms with Crippen LogP contribution < -0.4 is 20.3 Å². The molecule has 0 spiro atoms. The molecule has 0 amide bonds. The van der Waals surface area contributed by atoms with Gasteiger partial charge in [-0.05, 0) is 55.9 Å². The van der Waals surface area contributed by atoms with Crippen LogP contribution in [0.4, 0.5) is 17.6 Å². The van der Waals surface area contributed by atoms with Gasteiger partial charge in [0, 0.05) is 50.2 Å². The Bertz CT molecular complexity index is 1340. The van der Waals surface area contributed by atoms with Crippen molar-refractivity contribution in [3.8, 4) is 5.88 Å². The van der Waals surface area contributed by atoms with Crippen LogP contribution in [0, 0.1) is 5.41 Å². The second-order valence-electron chi connectivity index (χ2n) is 12.7. The molecule has 2 N–H and O–H groups in total. The van der Waals surface area contributed by atoms with Gasteiger partial charge in [0.2, 0.25) is 17.8 Å². The van der Waals surface area contributed by atoms with Crippen LogP contribution in [0.2, 0.25) is 0 Å². The Morgan fingerprint density at radius 3 is 2.54 bits per heavy atom. The van der Waals surface area contributed by atoms with E-state index in [0.29, 0.717) is 12.0 Å². The van der Waals surface area contributed by atoms with Crippen molar-refractivity contribution in [1.82, 2.24) is 30.2 Å². The lowest BCUT2D eigenvalue weighted by Gasteiger charge is -2.38. The van der Waals surface area contributed by atoms with Crippen LogP contribution >= 0.6 is 11.3 Å². The van der Waals surface area contributed by atoms with Gasteiger partial charge >= 0.3 is 0 Å². The van der Waals surface area contributed by atoms with E-state index in [9.17, 15) is 0 Å². The molecule has 7 rings (SSSR count). The molecule has 10 nitrogen and oxygen atoms in total. The molecule has 5 heterocycles. The number of piperazine rings is 1. The summed E-state index contributed by atoms with van der Waals surface area (Å²) in [4.78, 5) is 26.5. The highest BCUT2D eigenvalue weighted by molar-refractivity contribution is 7.18. The number of fused-ring (bicyclic) bond motifs is 3. The van der Waals surface area contributed by atoms with Crippen LogP contribution in [-0.4, -0.2) is 89.5 Å². The van der Waals surface area contributed by atoms with Crippen molar-refractivity contribution in [2.24, 2.45) is 5.41 Å². The average Bonchev–Trinajstić information content (AvgIpc) is 3.35. The van der Waals surface area contributed by atoms with Gasteiger partial charge in [0.05, 0.1) is 36.7 Å². The van der Waals surface area contributed by atoms with E-state index in [0.717, 1.165) is 119 Å². The molecule has 0 atom stereocenters. The molecule has 3 fully saturated rings. The Morgan fingerprint density at radius 1 is 1.02 bits per heavy atom. The van der Waals surface area contributed by atoms with Crippen molar-refractivity contribution in [3.63, 3.8) is 0 Å². The SMILES string of the molecule is CC1(C)CCc2sc3nc(Nc4cnc(N5CCNCC5)nc4)nc(OC4CCC(N5CCOCC5)CC4)c3c2C1. The van der Waals surface area contributed by atoms with Gasteiger partial charge in [-0.15, -0.1) is 11.3 Å². The van der Waals surface area contributed by atoms with Gasteiger partial charge in [-0.3, -0.25) is 4.90 Å². The van der Waals surface area contributed by atoms with Crippen molar-refractivity contribution in [2.75, 3.05) is 62.7 Å². The lowest BCUT2D eigenvalue weighted by atomic mass is 9.76. The summed E-state index contributed by atoms with van der Waals surface area (Å²) >= 11 is 1.81. The van der Waals surface area contributed by atoms with E-state index in [4.69, 9.17) is 19.4 Å². The number of ether oxygens (including phenoxy) is 2. The standard InChI is InChI=1S/C30H42N8O2S/c1-30(2)8-7-24-23(17-30)25-26(40-22-5-3-21(4-6-22)37-13-15-39-16-14-37)35-28(36-27(25)41-24)34-20-18-32-29(33-19-20)38-11-9-31-10-12-38/h18-19,21-22,31H,3-17H2,1-2H3,(H,34,35,36). The molecule has 0 bridgehead atoms. The molecule has 4 aliphatic rings. The molecule has 0 aromatic carbocycles. The largest absolute Gasteiger partial charge is 0.474 e. The molecule has 2 aliphatic heterocycles. The molecule has 41 heavy (non-hydrogen) atoms. The van der Waals surface area contributed by atoms with E-state index in [1.54, 1.807) is 0 Å². The number of nitrogens with zero attached hydrogens (tertiary/aromatic N) is 6. The summed E-state index contributed by atoms with van der Waals surface area (Å²) in [6, 6.07) is 0.639. The van der Waals surface area contributed by atoms with Crippen molar-refractivity contribution in [1.29, 1.82) is 0 Å². The van der Waals surface area contributed by atoms with Crippen molar-refractivity contribution in [3.05, 3.63) is 22.8 Å². The summed E-state index contributed by atoms with van der Waals surface area (Å²) in [6.45, 7) is 12.3. The Kier molecular flexibility index (Phi) is 7.70. The highest BCUT2D eigenvalue weighted by Gasteiger charge is 2.33. The summed E-state index contributed by atoms with van der Waals surface area (Å²) in [6.07, 6.45) is 11.6. The molecule has 220 valence electrons. The molecule has 3 aromatic rings. The van der Waals surface area contributed by atoms with Crippen molar-refractivity contribution in [2.45, 2.75) is 70.9 Å². The van der Waals surface area contributed by atoms with Gasteiger partial charge in [-0.2, -0.15) is 4.98 Å². The smallest absolute Gasteiger partial charge is 0.232 e. The van der Waals surface area contributed by atoms with E-state index in [-0.39, 0.29) is 11.5 Å². The third-order valence-corrected chi connectivity index (χ3v) is 10.3. The lowest BCUT2D eigenvalue weighted by Crippen LogP contribution is -2.46. The summed E-state index contributed by atoms with van der Waals surface area (Å²) < 4.78 is 12.4. The van der Waals surface area contributed by atoms with Crippen LogP contribution in [0.15, 0.2) is 12.4 Å². The first-order chi connectivity index (χ1) is 20.0. The summed E-state index contributed by atoms with van der Waals surface area (Å²) in [5, 5.41) is 7.88. The Labute approximate surface area is 246 Å². The van der Waals surface area contributed by atoms with Gasteiger partial charge in [0.15, 0.2) is 0 Å². The van der Waals surface area contributed by atoms with Crippen LogP contribution in [-0.2, 0) is 17.6 Å². The maximum Gasteiger partial charge on any atom is 0.232 e. The molecular weight excluding hydrogens is 536 g/mol. The Morgan fingerprint density at radius 2 is 1.78 bits per heavy atom. The van der Waals surface area contributed by atoms with E-state index in [2.05, 4.69) is 44.2 Å². The molecule has 2 saturated heterocycles. The third-order valence-electron chi connectivity index (χ3n) is 9.16. The zero-order chi connectivity index (χ0) is 27.8. The molecule has 2 aliphatic carbocycles. The van der Waals surface area contributed by atoms with Gasteiger partial charge in [-0.1, -0.05) is 13.8 Å². The normalized spacial score (nSPS) is 25.2. The molecule has 0 unspecified atom stereocenters. The van der Waals surface area contributed by atoms with E-state index < -0.39 is 0 Å². The predicted octanol–water partition coefficient (Wildman–Crippen LogP) is 4.17. The van der Waals surface area contributed by atoms with E-state index in [1.807, 2.05) is 23.7 Å². The number of nitrogens with one attached hydrogen (secondary N) is 2. The molecule has 11 heteroatoms. The van der Waals surface area contributed by atoms with Crippen molar-refractivity contribution >= 4 is 39.1 Å². The number of hydrogen-bond acceptors (Lipinski definition) is 11. The number of thiophene rings is 1. The van der Waals surface area contributed by atoms with Crippen LogP contribution in [0.25, 0.3) is 10.2 Å². The first-order valence-electron chi connectivity index (χ1n) is 15.4. The van der Waals surface area contributed by atoms with E-state index in [1.165, 1.54) is 16.9 Å². The maximum absolute atomic E-state index is 6.80. The maximum atomic E-state index is 6.80. The minimum Gasteiger partial charge on any atom is -0.474 e. The second kappa shape index (κ2) is 11.6. The van der Waals surface area contributed by atoms with Crippen LogP contribution in [0.5, 0.6) is 5.88 Å². The number of hydrogen-bond donors (Lipinski definition) is 2. The topological polar surface area (TPSA) is 101 Å². The fraction of sp³-hybridized carbons (Fsp3) is 0.667. The fourth-order valence-corrected chi connectivity index (χ4v) is 7.97. The van der Waals surface area contributed by atoms with Gasteiger partial charge < -0.3 is 25.0 Å². The lowest BCUT2D eigenvalue weighted by molar-refractivity contribution is -0.00125. The fourth-order valence-electron chi connectivity index (χ4n) is 6.79. The molecular formula is C30H42N8O2S. The molecule has 0 radical (unpaired) electrons. The van der Waals surface area contributed by atoms with Crippen LogP contribution in [0.1, 0.15) is 56.4 Å². The monoisotopic (exact) mass is 578 g/mol. The number of anilines is 3. The quantitative estimate of drug-likeness (QED) is 0.443. The highest BCUT2D eigenvalue weighted by atomic mass is 32.1. The van der Waals surface area contributed by atoms with Gasteiger partial charge in [0.1, 0.15) is 10.9 Å². The first kappa shape index (κ1) is 27.2. The third kappa shape index (κ3) is 6.00. The zero-order valence-corrected chi connectivity index (χ0v) is 25.1. The summed E-state index contributed by atoms with van der Waals surface area (Å²) in [5.74, 6) is 2.05. The summed E-state index contributed by atoms with van der Waals surface area (Å²) in [7, 11) is 0. The predicted molar refractivity (Wildman–Crippen MR) is 163 cm³/mol. The minimum absolute atomic E-state index is 0.173. The minimum atomic E-state index is 0.173.